The van der Waals surface area contributed by atoms with Crippen LogP contribution in [0.5, 0.6) is 0 Å². The monoisotopic (exact) mass is 272 g/mol. The SMILES string of the molecule is Nc1ccc(CC(=O)NCCc2ccccc2F)cc1. The van der Waals surface area contributed by atoms with Gasteiger partial charge in [-0.2, -0.15) is 0 Å². The number of carbonyl (C=O) groups excluding carboxylic acids is 1. The second kappa shape index (κ2) is 6.70. The highest BCUT2D eigenvalue weighted by Gasteiger charge is 2.04. The van der Waals surface area contributed by atoms with Crippen molar-refractivity contribution in [2.45, 2.75) is 12.8 Å². The number of amides is 1. The lowest BCUT2D eigenvalue weighted by Gasteiger charge is -2.06. The van der Waals surface area contributed by atoms with Crippen LogP contribution < -0.4 is 11.1 Å². The Morgan fingerprint density at radius 3 is 2.50 bits per heavy atom. The van der Waals surface area contributed by atoms with Gasteiger partial charge in [0.2, 0.25) is 5.91 Å². The quantitative estimate of drug-likeness (QED) is 0.821. The summed E-state index contributed by atoms with van der Waals surface area (Å²) in [6, 6.07) is 13.8. The van der Waals surface area contributed by atoms with Crippen molar-refractivity contribution in [3.8, 4) is 0 Å². The minimum Gasteiger partial charge on any atom is -0.399 e. The standard InChI is InChI=1S/C16H17FN2O/c17-15-4-2-1-3-13(15)9-10-19-16(20)11-12-5-7-14(18)8-6-12/h1-8H,9-11,18H2,(H,19,20). The first-order valence-electron chi connectivity index (χ1n) is 6.49. The van der Waals surface area contributed by atoms with E-state index in [9.17, 15) is 9.18 Å². The number of anilines is 1. The fourth-order valence-corrected chi connectivity index (χ4v) is 1.92. The van der Waals surface area contributed by atoms with E-state index in [0.29, 0.717) is 30.6 Å². The Kier molecular flexibility index (Phi) is 4.71. The van der Waals surface area contributed by atoms with Crippen LogP contribution in [0, 0.1) is 5.82 Å². The van der Waals surface area contributed by atoms with Gasteiger partial charge in [0.1, 0.15) is 5.82 Å². The molecule has 0 aliphatic carbocycles. The van der Waals surface area contributed by atoms with Crippen molar-refractivity contribution >= 4 is 11.6 Å². The van der Waals surface area contributed by atoms with Gasteiger partial charge < -0.3 is 11.1 Å². The Labute approximate surface area is 117 Å². The van der Waals surface area contributed by atoms with Gasteiger partial charge >= 0.3 is 0 Å². The van der Waals surface area contributed by atoms with Crippen LogP contribution >= 0.6 is 0 Å². The number of halogens is 1. The van der Waals surface area contributed by atoms with Gasteiger partial charge in [-0.3, -0.25) is 4.79 Å². The average Bonchev–Trinajstić information content (AvgIpc) is 2.43. The lowest BCUT2D eigenvalue weighted by Crippen LogP contribution is -2.27. The van der Waals surface area contributed by atoms with E-state index in [1.807, 2.05) is 12.1 Å². The molecule has 0 aromatic heterocycles. The molecule has 104 valence electrons. The van der Waals surface area contributed by atoms with Crippen LogP contribution in [0.3, 0.4) is 0 Å². The molecule has 0 aliphatic rings. The maximum Gasteiger partial charge on any atom is 0.224 e. The second-order valence-corrected chi connectivity index (χ2v) is 4.61. The lowest BCUT2D eigenvalue weighted by molar-refractivity contribution is -0.120. The molecule has 0 saturated carbocycles. The molecule has 2 rings (SSSR count). The van der Waals surface area contributed by atoms with Crippen molar-refractivity contribution in [1.29, 1.82) is 0 Å². The number of hydrogen-bond donors (Lipinski definition) is 2. The molecule has 4 heteroatoms. The van der Waals surface area contributed by atoms with Gasteiger partial charge in [-0.15, -0.1) is 0 Å². The molecule has 0 radical (unpaired) electrons. The van der Waals surface area contributed by atoms with Gasteiger partial charge in [-0.25, -0.2) is 4.39 Å². The third-order valence-corrected chi connectivity index (χ3v) is 3.02. The van der Waals surface area contributed by atoms with Crippen molar-refractivity contribution in [3.05, 3.63) is 65.5 Å². The van der Waals surface area contributed by atoms with E-state index in [1.54, 1.807) is 30.3 Å². The first-order valence-corrected chi connectivity index (χ1v) is 6.49. The molecule has 20 heavy (non-hydrogen) atoms. The van der Waals surface area contributed by atoms with Crippen LogP contribution in [-0.2, 0) is 17.6 Å². The molecule has 0 bridgehead atoms. The first-order chi connectivity index (χ1) is 9.65. The minimum atomic E-state index is -0.236. The summed E-state index contributed by atoms with van der Waals surface area (Å²) in [6.07, 6.45) is 0.789. The third kappa shape index (κ3) is 4.09. The van der Waals surface area contributed by atoms with Crippen molar-refractivity contribution in [2.24, 2.45) is 0 Å². The van der Waals surface area contributed by atoms with E-state index in [-0.39, 0.29) is 11.7 Å². The Morgan fingerprint density at radius 2 is 1.80 bits per heavy atom. The van der Waals surface area contributed by atoms with Crippen molar-refractivity contribution in [2.75, 3.05) is 12.3 Å². The fourth-order valence-electron chi connectivity index (χ4n) is 1.92. The normalized spacial score (nSPS) is 10.2. The number of nitrogens with two attached hydrogens (primary N) is 1. The lowest BCUT2D eigenvalue weighted by atomic mass is 10.1. The highest BCUT2D eigenvalue weighted by Crippen LogP contribution is 2.07. The first kappa shape index (κ1) is 14.1. The highest BCUT2D eigenvalue weighted by atomic mass is 19.1. The zero-order chi connectivity index (χ0) is 14.4. The number of rotatable bonds is 5. The predicted molar refractivity (Wildman–Crippen MR) is 77.7 cm³/mol. The summed E-state index contributed by atoms with van der Waals surface area (Å²) in [5.41, 5.74) is 7.77. The fraction of sp³-hybridized carbons (Fsp3) is 0.188. The number of nitrogen functional groups attached to an aromatic ring is 1. The summed E-state index contributed by atoms with van der Waals surface area (Å²) in [4.78, 5) is 11.7. The summed E-state index contributed by atoms with van der Waals surface area (Å²) < 4.78 is 13.4. The third-order valence-electron chi connectivity index (χ3n) is 3.02. The molecular formula is C16H17FN2O. The van der Waals surface area contributed by atoms with Crippen LogP contribution in [-0.4, -0.2) is 12.5 Å². The number of hydrogen-bond acceptors (Lipinski definition) is 2. The summed E-state index contributed by atoms with van der Waals surface area (Å²) in [5.74, 6) is -0.314. The Morgan fingerprint density at radius 1 is 1.10 bits per heavy atom. The molecule has 3 N–H and O–H groups in total. The molecule has 2 aromatic rings. The van der Waals surface area contributed by atoms with Crippen LogP contribution in [0.25, 0.3) is 0 Å². The van der Waals surface area contributed by atoms with E-state index >= 15 is 0 Å². The molecule has 2 aromatic carbocycles. The molecule has 0 aliphatic heterocycles. The van der Waals surface area contributed by atoms with Crippen molar-refractivity contribution in [3.63, 3.8) is 0 Å². The number of nitrogens with one attached hydrogen (secondary N) is 1. The van der Waals surface area contributed by atoms with Gasteiger partial charge in [-0.05, 0) is 35.7 Å². The predicted octanol–water partition coefficient (Wildman–Crippen LogP) is 2.31. The van der Waals surface area contributed by atoms with Crippen molar-refractivity contribution < 1.29 is 9.18 Å². The van der Waals surface area contributed by atoms with Gasteiger partial charge in [0.15, 0.2) is 0 Å². The average molecular weight is 272 g/mol. The molecule has 0 spiro atoms. The Hall–Kier alpha value is -2.36. The largest absolute Gasteiger partial charge is 0.399 e. The van der Waals surface area contributed by atoms with Gasteiger partial charge in [0, 0.05) is 12.2 Å². The van der Waals surface area contributed by atoms with E-state index < -0.39 is 0 Å². The molecule has 0 unspecified atom stereocenters. The molecule has 0 atom stereocenters. The summed E-state index contributed by atoms with van der Waals surface area (Å²) in [7, 11) is 0. The zero-order valence-corrected chi connectivity index (χ0v) is 11.1. The second-order valence-electron chi connectivity index (χ2n) is 4.61. The smallest absolute Gasteiger partial charge is 0.224 e. The Balaban J connectivity index is 1.78. The maximum atomic E-state index is 13.4. The van der Waals surface area contributed by atoms with Gasteiger partial charge in [0.25, 0.3) is 0 Å². The van der Waals surface area contributed by atoms with E-state index in [1.165, 1.54) is 6.07 Å². The molecule has 0 fully saturated rings. The zero-order valence-electron chi connectivity index (χ0n) is 11.1. The molecule has 1 amide bonds. The molecule has 0 heterocycles. The Bertz CT molecular complexity index is 581. The topological polar surface area (TPSA) is 55.1 Å². The summed E-state index contributed by atoms with van der Waals surface area (Å²) in [5, 5.41) is 2.78. The van der Waals surface area contributed by atoms with Crippen LogP contribution in [0.15, 0.2) is 48.5 Å². The van der Waals surface area contributed by atoms with Crippen molar-refractivity contribution in [1.82, 2.24) is 5.32 Å². The minimum absolute atomic E-state index is 0.0777. The van der Waals surface area contributed by atoms with Crippen LogP contribution in [0.1, 0.15) is 11.1 Å². The summed E-state index contributed by atoms with van der Waals surface area (Å²) >= 11 is 0. The van der Waals surface area contributed by atoms with Gasteiger partial charge in [-0.1, -0.05) is 30.3 Å². The molecule has 0 saturated heterocycles. The number of carbonyl (C=O) groups is 1. The van der Waals surface area contributed by atoms with E-state index in [0.717, 1.165) is 5.56 Å². The molecule has 3 nitrogen and oxygen atoms in total. The van der Waals surface area contributed by atoms with E-state index in [4.69, 9.17) is 5.73 Å². The maximum absolute atomic E-state index is 13.4. The van der Waals surface area contributed by atoms with E-state index in [2.05, 4.69) is 5.32 Å². The van der Waals surface area contributed by atoms with Crippen LogP contribution in [0.4, 0.5) is 10.1 Å². The van der Waals surface area contributed by atoms with Gasteiger partial charge in [0.05, 0.1) is 6.42 Å². The van der Waals surface area contributed by atoms with Crippen LogP contribution in [0.2, 0.25) is 0 Å². The summed E-state index contributed by atoms with van der Waals surface area (Å²) in [6.45, 7) is 0.425. The highest BCUT2D eigenvalue weighted by molar-refractivity contribution is 5.78. The number of benzene rings is 2. The molecular weight excluding hydrogens is 255 g/mol.